The van der Waals surface area contributed by atoms with Crippen molar-refractivity contribution in [1.29, 1.82) is 0 Å². The third kappa shape index (κ3) is 4.45. The first-order valence-electron chi connectivity index (χ1n) is 7.39. The maximum Gasteiger partial charge on any atom is 0.410 e. The van der Waals surface area contributed by atoms with Gasteiger partial charge in [-0.15, -0.1) is 0 Å². The Balaban J connectivity index is 2.13. The van der Waals surface area contributed by atoms with Crippen LogP contribution in [0.15, 0.2) is 12.1 Å². The van der Waals surface area contributed by atoms with Gasteiger partial charge in [-0.3, -0.25) is 0 Å². The van der Waals surface area contributed by atoms with E-state index in [1.807, 2.05) is 0 Å². The van der Waals surface area contributed by atoms with Crippen LogP contribution in [0.1, 0.15) is 20.8 Å². The van der Waals surface area contributed by atoms with Gasteiger partial charge in [0.05, 0.1) is 12.6 Å². The van der Waals surface area contributed by atoms with Crippen molar-refractivity contribution in [2.24, 2.45) is 0 Å². The van der Waals surface area contributed by atoms with E-state index in [-0.39, 0.29) is 24.1 Å². The molecule has 0 saturated carbocycles. The van der Waals surface area contributed by atoms with E-state index >= 15 is 0 Å². The average molecular weight is 346 g/mol. The van der Waals surface area contributed by atoms with Gasteiger partial charge in [-0.05, 0) is 32.9 Å². The zero-order chi connectivity index (χ0) is 17.2. The number of piperazine rings is 1. The first kappa shape index (κ1) is 17.7. The average Bonchev–Trinajstić information content (AvgIpc) is 2.47. The summed E-state index contributed by atoms with van der Waals surface area (Å²) in [5, 5.41) is 9.79. The number of rotatable bonds is 2. The minimum Gasteiger partial charge on any atom is -0.444 e. The molecule has 1 aromatic heterocycles. The lowest BCUT2D eigenvalue weighted by atomic mass is 10.1. The number of halogens is 2. The summed E-state index contributed by atoms with van der Waals surface area (Å²) in [7, 11) is 0. The Bertz CT molecular complexity index is 580. The zero-order valence-corrected chi connectivity index (χ0v) is 14.2. The molecule has 0 spiro atoms. The molecule has 1 atom stereocenters. The fraction of sp³-hybridized carbons (Fsp3) is 0.600. The van der Waals surface area contributed by atoms with E-state index in [0.717, 1.165) is 0 Å². The van der Waals surface area contributed by atoms with Crippen LogP contribution < -0.4 is 4.90 Å². The fourth-order valence-corrected chi connectivity index (χ4v) is 2.54. The van der Waals surface area contributed by atoms with Crippen molar-refractivity contribution in [3.8, 4) is 0 Å². The first-order chi connectivity index (χ1) is 10.7. The summed E-state index contributed by atoms with van der Waals surface area (Å²) < 4.78 is 19.3. The van der Waals surface area contributed by atoms with Crippen molar-refractivity contribution in [3.05, 3.63) is 23.1 Å². The molecule has 0 aliphatic carbocycles. The highest BCUT2D eigenvalue weighted by molar-refractivity contribution is 6.29. The van der Waals surface area contributed by atoms with Crippen LogP contribution in [0, 0.1) is 5.82 Å². The van der Waals surface area contributed by atoms with Crippen molar-refractivity contribution in [2.75, 3.05) is 31.1 Å². The van der Waals surface area contributed by atoms with Crippen molar-refractivity contribution in [2.45, 2.75) is 32.4 Å². The lowest BCUT2D eigenvalue weighted by Crippen LogP contribution is -2.57. The van der Waals surface area contributed by atoms with E-state index in [9.17, 15) is 14.3 Å². The quantitative estimate of drug-likeness (QED) is 0.833. The van der Waals surface area contributed by atoms with Gasteiger partial charge in [0.25, 0.3) is 0 Å². The highest BCUT2D eigenvalue weighted by atomic mass is 35.5. The van der Waals surface area contributed by atoms with Gasteiger partial charge in [0.1, 0.15) is 10.8 Å². The highest BCUT2D eigenvalue weighted by Crippen LogP contribution is 2.24. The number of carbonyl (C=O) groups excluding carboxylic acids is 1. The molecule has 1 aliphatic heterocycles. The summed E-state index contributed by atoms with van der Waals surface area (Å²) >= 11 is 5.83. The number of anilines is 1. The van der Waals surface area contributed by atoms with Crippen LogP contribution in [-0.2, 0) is 4.74 Å². The molecule has 0 radical (unpaired) electrons. The molecule has 0 bridgehead atoms. The number of nitrogens with zero attached hydrogens (tertiary/aromatic N) is 3. The number of hydrogen-bond acceptors (Lipinski definition) is 5. The molecule has 1 aromatic rings. The molecule has 8 heteroatoms. The molecule has 0 aromatic carbocycles. The van der Waals surface area contributed by atoms with Crippen LogP contribution >= 0.6 is 11.6 Å². The van der Waals surface area contributed by atoms with Crippen LogP contribution in [0.2, 0.25) is 5.15 Å². The molecule has 1 unspecified atom stereocenters. The molecule has 1 fully saturated rings. The topological polar surface area (TPSA) is 65.9 Å². The summed E-state index contributed by atoms with van der Waals surface area (Å²) in [5.41, 5.74) is -0.594. The Morgan fingerprint density at radius 1 is 1.48 bits per heavy atom. The summed E-state index contributed by atoms with van der Waals surface area (Å²) in [6, 6.07) is 2.13. The third-order valence-corrected chi connectivity index (χ3v) is 3.62. The van der Waals surface area contributed by atoms with Gasteiger partial charge in [0.15, 0.2) is 11.6 Å². The second kappa shape index (κ2) is 6.88. The minimum absolute atomic E-state index is 0.0837. The van der Waals surface area contributed by atoms with Gasteiger partial charge in [-0.1, -0.05) is 11.6 Å². The van der Waals surface area contributed by atoms with Crippen LogP contribution in [0.3, 0.4) is 0 Å². The molecule has 23 heavy (non-hydrogen) atoms. The number of aliphatic hydroxyl groups is 1. The molecule has 1 saturated heterocycles. The Hall–Kier alpha value is -1.60. The Morgan fingerprint density at radius 3 is 2.78 bits per heavy atom. The van der Waals surface area contributed by atoms with Crippen LogP contribution in [0.5, 0.6) is 0 Å². The number of amides is 1. The van der Waals surface area contributed by atoms with Gasteiger partial charge in [-0.25, -0.2) is 14.2 Å². The number of aromatic nitrogens is 1. The first-order valence-corrected chi connectivity index (χ1v) is 7.76. The molecule has 1 amide bonds. The monoisotopic (exact) mass is 345 g/mol. The zero-order valence-electron chi connectivity index (χ0n) is 13.4. The number of hydrogen-bond donors (Lipinski definition) is 1. The Labute approximate surface area is 139 Å². The van der Waals surface area contributed by atoms with E-state index in [0.29, 0.717) is 13.1 Å². The number of aliphatic hydroxyl groups excluding tert-OH is 1. The van der Waals surface area contributed by atoms with Crippen LogP contribution in [0.25, 0.3) is 0 Å². The van der Waals surface area contributed by atoms with Crippen molar-refractivity contribution in [1.82, 2.24) is 9.88 Å². The number of pyridine rings is 1. The van der Waals surface area contributed by atoms with Gasteiger partial charge in [0, 0.05) is 19.6 Å². The molecule has 128 valence electrons. The predicted octanol–water partition coefficient (Wildman–Crippen LogP) is 2.29. The smallest absolute Gasteiger partial charge is 0.410 e. The van der Waals surface area contributed by atoms with Gasteiger partial charge in [0.2, 0.25) is 0 Å². The number of carbonyl (C=O) groups is 1. The van der Waals surface area contributed by atoms with Crippen molar-refractivity contribution in [3.63, 3.8) is 0 Å². The second-order valence-electron chi connectivity index (χ2n) is 6.40. The molecule has 2 heterocycles. The predicted molar refractivity (Wildman–Crippen MR) is 85.2 cm³/mol. The van der Waals surface area contributed by atoms with Crippen molar-refractivity contribution >= 4 is 23.5 Å². The summed E-state index contributed by atoms with van der Waals surface area (Å²) in [6.45, 7) is 6.02. The Kier molecular flexibility index (Phi) is 5.31. The summed E-state index contributed by atoms with van der Waals surface area (Å²) in [5.74, 6) is -0.432. The fourth-order valence-electron chi connectivity index (χ4n) is 2.39. The Morgan fingerprint density at radius 2 is 2.17 bits per heavy atom. The van der Waals surface area contributed by atoms with E-state index in [1.165, 1.54) is 17.0 Å². The largest absolute Gasteiger partial charge is 0.444 e. The van der Waals surface area contributed by atoms with Crippen LogP contribution in [0.4, 0.5) is 15.0 Å². The molecule has 6 nitrogen and oxygen atoms in total. The number of ether oxygens (including phenoxy) is 1. The summed E-state index contributed by atoms with van der Waals surface area (Å²) in [6.07, 6.45) is -0.449. The van der Waals surface area contributed by atoms with Gasteiger partial charge in [-0.2, -0.15) is 0 Å². The molecule has 1 aliphatic rings. The van der Waals surface area contributed by atoms with E-state index in [4.69, 9.17) is 16.3 Å². The van der Waals surface area contributed by atoms with Crippen LogP contribution in [-0.4, -0.2) is 59.0 Å². The lowest BCUT2D eigenvalue weighted by Gasteiger charge is -2.41. The van der Waals surface area contributed by atoms with E-state index in [1.54, 1.807) is 25.7 Å². The lowest BCUT2D eigenvalue weighted by molar-refractivity contribution is 0.0197. The van der Waals surface area contributed by atoms with E-state index < -0.39 is 23.6 Å². The molecular formula is C15H21ClFN3O3. The van der Waals surface area contributed by atoms with Gasteiger partial charge >= 0.3 is 6.09 Å². The molecule has 1 N–H and O–H groups in total. The third-order valence-electron chi connectivity index (χ3n) is 3.41. The molecule has 2 rings (SSSR count). The summed E-state index contributed by atoms with van der Waals surface area (Å²) in [4.78, 5) is 19.3. The SMILES string of the molecule is CC(C)(C)OC(=O)N1CCN(c2nc(Cl)ccc2F)C(CO)C1. The maximum absolute atomic E-state index is 14.0. The highest BCUT2D eigenvalue weighted by Gasteiger charge is 2.33. The second-order valence-corrected chi connectivity index (χ2v) is 6.78. The maximum atomic E-state index is 14.0. The van der Waals surface area contributed by atoms with Gasteiger partial charge < -0.3 is 19.6 Å². The minimum atomic E-state index is -0.594. The normalized spacial score (nSPS) is 19.0. The molecular weight excluding hydrogens is 325 g/mol. The van der Waals surface area contributed by atoms with Crippen molar-refractivity contribution < 1.29 is 19.0 Å². The van der Waals surface area contributed by atoms with E-state index in [2.05, 4.69) is 4.98 Å². The standard InChI is InChI=1S/C15H21ClFN3O3/c1-15(2,3)23-14(22)19-6-7-20(10(8-19)9-21)13-11(17)4-5-12(16)18-13/h4-5,10,21H,6-9H2,1-3H3.